The van der Waals surface area contributed by atoms with Crippen LogP contribution in [0.25, 0.3) is 21.7 Å². The van der Waals surface area contributed by atoms with Crippen LogP contribution in [0.5, 0.6) is 5.75 Å². The van der Waals surface area contributed by atoms with Crippen molar-refractivity contribution in [1.82, 2.24) is 25.1 Å². The molecule has 4 heterocycles. The van der Waals surface area contributed by atoms with Crippen LogP contribution >= 0.6 is 23.6 Å². The van der Waals surface area contributed by atoms with E-state index in [9.17, 15) is 37.6 Å². The van der Waals surface area contributed by atoms with E-state index >= 15 is 13.2 Å². The number of alkyl halides is 3. The second-order valence-electron chi connectivity index (χ2n) is 18.3. The molecule has 390 valence electrons. The molecule has 7 rings (SSSR count). The third-order valence-corrected chi connectivity index (χ3v) is 14.2. The van der Waals surface area contributed by atoms with Gasteiger partial charge in [-0.25, -0.2) is 18.2 Å². The number of aryl methyl sites for hydroxylation is 1. The summed E-state index contributed by atoms with van der Waals surface area (Å²) in [6.45, 7) is 5.84. The van der Waals surface area contributed by atoms with Crippen LogP contribution in [0.1, 0.15) is 74.8 Å². The molecule has 0 radical (unpaired) electrons. The topological polar surface area (TPSA) is 161 Å². The molecule has 2 aliphatic heterocycles. The maximum Gasteiger partial charge on any atom is 0.420 e. The highest BCUT2D eigenvalue weighted by molar-refractivity contribution is 7.80. The number of likely N-dealkylation sites (tertiary alicyclic amines) is 2. The predicted molar refractivity (Wildman–Crippen MR) is 268 cm³/mol. The Morgan fingerprint density at radius 3 is 2.27 bits per heavy atom. The number of carbonyl (C=O) groups excluding carboxylic acids is 4. The number of aldehydes is 1. The van der Waals surface area contributed by atoms with E-state index in [0.29, 0.717) is 64.4 Å². The number of thiocarbonyl (C=S) groups is 1. The van der Waals surface area contributed by atoms with E-state index in [4.69, 9.17) is 21.7 Å². The summed E-state index contributed by atoms with van der Waals surface area (Å²) in [4.78, 5) is 67.3. The molecule has 22 heteroatoms. The highest BCUT2D eigenvalue weighted by Crippen LogP contribution is 2.39. The molecule has 74 heavy (non-hydrogen) atoms. The second-order valence-corrected chi connectivity index (χ2v) is 19.5. The molecule has 3 aromatic carbocycles. The maximum absolute atomic E-state index is 15.8. The summed E-state index contributed by atoms with van der Waals surface area (Å²) in [5.41, 5.74) is -0.691. The number of unbranched alkanes of at least 4 members (excludes halogenated alkanes) is 1. The molecule has 2 saturated heterocycles. The third-order valence-electron chi connectivity index (χ3n) is 12.8. The smallest absolute Gasteiger partial charge is 0.420 e. The number of carbonyl (C=O) groups is 4. The van der Waals surface area contributed by atoms with Crippen molar-refractivity contribution in [2.45, 2.75) is 89.6 Å². The summed E-state index contributed by atoms with van der Waals surface area (Å²) in [7, 11) is 1.14. The molecule has 2 fully saturated rings. The number of nitriles is 1. The summed E-state index contributed by atoms with van der Waals surface area (Å²) in [5, 5.41) is 11.7. The fraction of sp³-hybridized carbons (Fsp3) is 0.385. The van der Waals surface area contributed by atoms with Crippen LogP contribution in [-0.2, 0) is 36.6 Å². The Labute approximate surface area is 432 Å². The van der Waals surface area contributed by atoms with E-state index in [1.165, 1.54) is 36.9 Å². The molecular formula is C52H52F6N8O6S2. The monoisotopic (exact) mass is 1060 g/mol. The van der Waals surface area contributed by atoms with E-state index in [1.807, 2.05) is 31.2 Å². The molecule has 3 amide bonds. The van der Waals surface area contributed by atoms with Crippen LogP contribution in [0.15, 0.2) is 72.4 Å². The van der Waals surface area contributed by atoms with Gasteiger partial charge in [0.1, 0.15) is 36.2 Å². The lowest BCUT2D eigenvalue weighted by Crippen LogP contribution is -2.54. The Balaban J connectivity index is 0.869. The number of halogens is 6. The van der Waals surface area contributed by atoms with Crippen LogP contribution in [0.4, 0.5) is 37.7 Å². The number of pyridine rings is 1. The van der Waals surface area contributed by atoms with Gasteiger partial charge < -0.3 is 39.2 Å². The van der Waals surface area contributed by atoms with Crippen LogP contribution in [-0.4, -0.2) is 106 Å². The first-order valence-electron chi connectivity index (χ1n) is 23.6. The van der Waals surface area contributed by atoms with Crippen LogP contribution in [0, 0.1) is 35.7 Å². The van der Waals surface area contributed by atoms with Crippen LogP contribution in [0.3, 0.4) is 0 Å². The van der Waals surface area contributed by atoms with Crippen LogP contribution in [0.2, 0.25) is 0 Å². The van der Waals surface area contributed by atoms with Gasteiger partial charge >= 0.3 is 6.18 Å². The molecule has 2 aromatic heterocycles. The summed E-state index contributed by atoms with van der Waals surface area (Å²) in [6.07, 6.45) is -0.488. The van der Waals surface area contributed by atoms with Gasteiger partial charge in [0.25, 0.3) is 0 Å². The van der Waals surface area contributed by atoms with E-state index in [2.05, 4.69) is 15.3 Å². The highest BCUT2D eigenvalue weighted by Gasteiger charge is 2.43. The highest BCUT2D eigenvalue weighted by atomic mass is 32.1. The van der Waals surface area contributed by atoms with Gasteiger partial charge in [-0.15, -0.1) is 11.3 Å². The zero-order valence-electron chi connectivity index (χ0n) is 40.8. The maximum atomic E-state index is 15.8. The summed E-state index contributed by atoms with van der Waals surface area (Å²) < 4.78 is 99.1. The molecule has 0 bridgehead atoms. The fourth-order valence-corrected chi connectivity index (χ4v) is 10.2. The number of amides is 3. The van der Waals surface area contributed by atoms with Gasteiger partial charge in [0.05, 0.1) is 57.4 Å². The summed E-state index contributed by atoms with van der Waals surface area (Å²) in [6, 6.07) is 14.2. The minimum absolute atomic E-state index is 0.0149. The molecule has 0 saturated carbocycles. The molecule has 0 spiro atoms. The first-order valence-corrected chi connectivity index (χ1v) is 24.9. The third kappa shape index (κ3) is 12.2. The number of aromatic nitrogens is 2. The lowest BCUT2D eigenvalue weighted by atomic mass is 10.0. The standard InChI is InChI=1S/C52H52F6N8O6S2/c1-31-47(74-30-62-31)33-13-11-32(12-14-33)26-61-48(69)40-9-7-20-65(40)49(70)41-10-8-19-64(41)43(68)28-71-21-5-6-22-72-42-18-16-34(23-37(42)53)46-38(54)24-36(27-60-46)66(51(2,3)29-67)50(73)63(4)39-17-15-35(25-59)44(45(39)55)52(56,57)58/h11-18,23-24,27,29-30,40-41H,5-10,19-22,26,28H2,1-4H3,(H,61,69)/t40?,41-/m0/s1. The van der Waals surface area contributed by atoms with Crippen molar-refractivity contribution in [2.24, 2.45) is 0 Å². The van der Waals surface area contributed by atoms with E-state index < -0.39 is 63.2 Å². The van der Waals surface area contributed by atoms with Crippen LogP contribution < -0.4 is 19.9 Å². The number of nitrogens with one attached hydrogen (secondary N) is 1. The van der Waals surface area contributed by atoms with Crippen molar-refractivity contribution in [1.29, 1.82) is 5.26 Å². The molecule has 0 aliphatic carbocycles. The minimum atomic E-state index is -5.23. The van der Waals surface area contributed by atoms with Crippen molar-refractivity contribution in [3.05, 3.63) is 112 Å². The molecular weight excluding hydrogens is 1010 g/mol. The number of ether oxygens (including phenoxy) is 2. The molecule has 5 aromatic rings. The average Bonchev–Trinajstić information content (AvgIpc) is 4.17. The second kappa shape index (κ2) is 23.5. The molecule has 1 N–H and O–H groups in total. The van der Waals surface area contributed by atoms with Gasteiger partial charge in [0.15, 0.2) is 28.3 Å². The number of hydrogen-bond donors (Lipinski definition) is 1. The lowest BCUT2D eigenvalue weighted by molar-refractivity contribution is -0.148. The number of anilines is 2. The Hall–Kier alpha value is -6.96. The lowest BCUT2D eigenvalue weighted by Gasteiger charge is -2.39. The first kappa shape index (κ1) is 54.8. The minimum Gasteiger partial charge on any atom is -0.491 e. The van der Waals surface area contributed by atoms with Gasteiger partial charge in [-0.2, -0.15) is 18.4 Å². The summed E-state index contributed by atoms with van der Waals surface area (Å²) >= 11 is 7.08. The van der Waals surface area contributed by atoms with Gasteiger partial charge in [-0.05, 0) is 113 Å². The first-order chi connectivity index (χ1) is 35.2. The molecule has 2 atom stereocenters. The molecule has 1 unspecified atom stereocenters. The van der Waals surface area contributed by atoms with Gasteiger partial charge in [-0.1, -0.05) is 24.3 Å². The largest absolute Gasteiger partial charge is 0.491 e. The molecule has 2 aliphatic rings. The average molecular weight is 1060 g/mol. The summed E-state index contributed by atoms with van der Waals surface area (Å²) in [5.74, 6) is -4.55. The number of benzene rings is 3. The van der Waals surface area contributed by atoms with Gasteiger partial charge in [0.2, 0.25) is 17.7 Å². The van der Waals surface area contributed by atoms with E-state index in [-0.39, 0.29) is 60.2 Å². The number of nitrogens with zero attached hydrogens (tertiary/aromatic N) is 7. The van der Waals surface area contributed by atoms with Gasteiger partial charge in [-0.3, -0.25) is 19.4 Å². The van der Waals surface area contributed by atoms with E-state index in [1.54, 1.807) is 21.7 Å². The van der Waals surface area contributed by atoms with Crippen molar-refractivity contribution in [3.63, 3.8) is 0 Å². The number of rotatable bonds is 18. The van der Waals surface area contributed by atoms with Crippen molar-refractivity contribution in [2.75, 3.05) is 49.8 Å². The van der Waals surface area contributed by atoms with Crippen molar-refractivity contribution < 1.29 is 55.0 Å². The quantitative estimate of drug-likeness (QED) is 0.0384. The Morgan fingerprint density at radius 2 is 1.62 bits per heavy atom. The zero-order valence-corrected chi connectivity index (χ0v) is 42.4. The Morgan fingerprint density at radius 1 is 0.932 bits per heavy atom. The van der Waals surface area contributed by atoms with Crippen molar-refractivity contribution in [3.8, 4) is 33.5 Å². The molecule has 14 nitrogen and oxygen atoms in total. The predicted octanol–water partition coefficient (Wildman–Crippen LogP) is 9.17. The zero-order chi connectivity index (χ0) is 53.5. The number of thiazole rings is 1. The number of hydrogen-bond acceptors (Lipinski definition) is 11. The van der Waals surface area contributed by atoms with E-state index in [0.717, 1.165) is 69.0 Å². The SMILES string of the molecule is Cc1ncsc1-c1ccc(CNC(=O)C2CCCN2C(=O)[C@@H]2CCCN2C(=O)COCCCCOc2ccc(-c3ncc(N(C(=S)N(C)c4ccc(C#N)c(C(F)(F)F)c4F)C(C)(C)C=O)cc3F)cc2F)cc1. The Kier molecular flexibility index (Phi) is 17.4. The van der Waals surface area contributed by atoms with Crippen molar-refractivity contribution >= 4 is 64.0 Å². The normalized spacial score (nSPS) is 15.7. The Bertz CT molecular complexity index is 2950. The van der Waals surface area contributed by atoms with Gasteiger partial charge in [0, 0.05) is 44.9 Å². The fourth-order valence-electron chi connectivity index (χ4n) is 8.92.